The first-order chi connectivity index (χ1) is 22.7. The number of benzene rings is 2. The van der Waals surface area contributed by atoms with E-state index in [0.29, 0.717) is 0 Å². The highest BCUT2D eigenvalue weighted by Crippen LogP contribution is 2.22. The topological polar surface area (TPSA) is 77.3 Å². The van der Waals surface area contributed by atoms with E-state index in [1.807, 2.05) is 77.9 Å². The van der Waals surface area contributed by atoms with E-state index in [1.54, 1.807) is 55.6 Å². The van der Waals surface area contributed by atoms with E-state index in [-0.39, 0.29) is 0 Å². The number of hydrogen-bond acceptors (Lipinski definition) is 6. The Hall–Kier alpha value is -4.32. The molecule has 0 atom stereocenters. The fourth-order valence-electron chi connectivity index (χ4n) is 3.31. The molecular weight excluding hydrogens is 564 g/mol. The molecule has 0 saturated heterocycles. The van der Waals surface area contributed by atoms with Gasteiger partial charge in [0.15, 0.2) is 0 Å². The highest BCUT2D eigenvalue weighted by molar-refractivity contribution is 5.14. The highest BCUT2D eigenvalue weighted by atomic mass is 15.1. The van der Waals surface area contributed by atoms with Gasteiger partial charge >= 0.3 is 0 Å². The van der Waals surface area contributed by atoms with Gasteiger partial charge in [0.1, 0.15) is 6.33 Å². The Labute approximate surface area is 282 Å². The van der Waals surface area contributed by atoms with Crippen molar-refractivity contribution < 1.29 is 0 Å². The Morgan fingerprint density at radius 3 is 1.13 bits per heavy atom. The van der Waals surface area contributed by atoms with Gasteiger partial charge in [0.05, 0.1) is 0 Å². The van der Waals surface area contributed by atoms with Crippen molar-refractivity contribution in [3.05, 3.63) is 146 Å². The van der Waals surface area contributed by atoms with E-state index in [1.165, 1.54) is 49.6 Å². The molecule has 0 N–H and O–H groups in total. The fourth-order valence-corrected chi connectivity index (χ4v) is 3.31. The Morgan fingerprint density at radius 1 is 0.500 bits per heavy atom. The molecule has 0 spiro atoms. The molecule has 3 aromatic heterocycles. The molecule has 1 fully saturated rings. The molecule has 0 unspecified atom stereocenters. The van der Waals surface area contributed by atoms with Crippen molar-refractivity contribution in [3.63, 3.8) is 0 Å². The normalized spacial score (nSPS) is 10.3. The summed E-state index contributed by atoms with van der Waals surface area (Å²) in [5.74, 6) is 1.04. The first-order valence-corrected chi connectivity index (χ1v) is 16.9. The maximum atomic E-state index is 3.72. The van der Waals surface area contributed by atoms with Crippen LogP contribution in [0.5, 0.6) is 0 Å². The third-order valence-electron chi connectivity index (χ3n) is 5.52. The first kappa shape index (κ1) is 46.1. The molecule has 2 aromatic carbocycles. The lowest BCUT2D eigenvalue weighted by Gasteiger charge is -2.15. The summed E-state index contributed by atoms with van der Waals surface area (Å²) in [7, 11) is 0. The van der Waals surface area contributed by atoms with Crippen LogP contribution in [-0.2, 0) is 6.42 Å². The van der Waals surface area contributed by atoms with E-state index < -0.39 is 0 Å². The summed E-state index contributed by atoms with van der Waals surface area (Å²) in [4.78, 5) is 14.8. The Balaban J connectivity index is -0.000000468. The minimum atomic E-state index is 1.04. The van der Waals surface area contributed by atoms with Crippen molar-refractivity contribution in [2.45, 2.75) is 101 Å². The maximum absolute atomic E-state index is 3.72. The van der Waals surface area contributed by atoms with Gasteiger partial charge in [-0.1, -0.05) is 154 Å². The molecule has 0 bridgehead atoms. The van der Waals surface area contributed by atoms with E-state index in [9.17, 15) is 0 Å². The van der Waals surface area contributed by atoms with Crippen molar-refractivity contribution in [1.29, 1.82) is 0 Å². The monoisotopic (exact) mass is 627 g/mol. The van der Waals surface area contributed by atoms with Gasteiger partial charge in [-0.3, -0.25) is 9.97 Å². The zero-order valence-corrected chi connectivity index (χ0v) is 30.2. The van der Waals surface area contributed by atoms with Gasteiger partial charge in [-0.05, 0) is 43.0 Å². The van der Waals surface area contributed by atoms with E-state index in [0.717, 1.165) is 12.3 Å². The Bertz CT molecular complexity index is 956. The number of rotatable bonds is 1. The molecule has 6 heteroatoms. The van der Waals surface area contributed by atoms with Gasteiger partial charge in [0, 0.05) is 49.6 Å². The molecule has 252 valence electrons. The van der Waals surface area contributed by atoms with Crippen molar-refractivity contribution in [3.8, 4) is 0 Å². The third kappa shape index (κ3) is 37.7. The summed E-state index contributed by atoms with van der Waals surface area (Å²) in [5.41, 5.74) is 2.73. The van der Waals surface area contributed by atoms with Gasteiger partial charge < -0.3 is 0 Å². The molecule has 1 saturated carbocycles. The number of aromatic nitrogens is 6. The molecule has 0 amide bonds. The molecule has 46 heavy (non-hydrogen) atoms. The SMILES string of the molecule is CC.CC.CC.CC1CCCCC1.CCc1ccccc1.Cc1ccccc1.c1ccnnc1.c1cnccn1.c1cncnc1. The van der Waals surface area contributed by atoms with Crippen molar-refractivity contribution in [1.82, 2.24) is 30.1 Å². The summed E-state index contributed by atoms with van der Waals surface area (Å²) in [6.45, 7) is 18.6. The lowest BCUT2D eigenvalue weighted by atomic mass is 9.91. The molecule has 1 aliphatic rings. The van der Waals surface area contributed by atoms with Crippen molar-refractivity contribution in [2.24, 2.45) is 5.92 Å². The lowest BCUT2D eigenvalue weighted by molar-refractivity contribution is 0.385. The van der Waals surface area contributed by atoms with Crippen LogP contribution in [0.2, 0.25) is 0 Å². The largest absolute Gasteiger partial charge is 0.262 e. The molecule has 1 aliphatic carbocycles. The van der Waals surface area contributed by atoms with Crippen LogP contribution in [-0.4, -0.2) is 30.1 Å². The van der Waals surface area contributed by atoms with Gasteiger partial charge in [0.25, 0.3) is 0 Å². The van der Waals surface area contributed by atoms with E-state index in [2.05, 4.69) is 87.3 Å². The Morgan fingerprint density at radius 2 is 0.935 bits per heavy atom. The van der Waals surface area contributed by atoms with Crippen LogP contribution in [0, 0.1) is 12.8 Å². The van der Waals surface area contributed by atoms with Crippen LogP contribution < -0.4 is 0 Å². The van der Waals surface area contributed by atoms with Gasteiger partial charge in [-0.25, -0.2) is 9.97 Å². The van der Waals surface area contributed by atoms with Crippen LogP contribution in [0.15, 0.2) is 135 Å². The third-order valence-corrected chi connectivity index (χ3v) is 5.52. The molecule has 0 aliphatic heterocycles. The first-order valence-electron chi connectivity index (χ1n) is 16.9. The number of nitrogens with zero attached hydrogens (tertiary/aromatic N) is 6. The molecule has 6 rings (SSSR count). The minimum absolute atomic E-state index is 1.04. The molecule has 0 radical (unpaired) electrons. The summed E-state index contributed by atoms with van der Waals surface area (Å²) in [6.07, 6.45) is 23.3. The lowest BCUT2D eigenvalue weighted by Crippen LogP contribution is -1.99. The molecular formula is C40H62N6. The quantitative estimate of drug-likeness (QED) is 0.184. The second kappa shape index (κ2) is 42.8. The second-order valence-corrected chi connectivity index (χ2v) is 8.95. The Kier molecular flexibility index (Phi) is 42.9. The molecule has 5 aromatic rings. The summed E-state index contributed by atoms with van der Waals surface area (Å²) >= 11 is 0. The number of aryl methyl sites for hydroxylation is 2. The standard InChI is InChI=1S/C8H10.C7H14.C7H8.3C4H4N2.3C2H6/c1-2-8-6-4-3-5-7-8;2*1-7-5-3-2-4-6-7;1-2-6-4-3-5-1;1-2-5-4-6-3-1;1-2-4-6-5-3-1;3*1-2/h3-7H,2H2,1H3;7H,2-6H2,1H3;2-6H,1H3;3*1-4H;3*1-2H3. The smallest absolute Gasteiger partial charge is 0.115 e. The summed E-state index contributed by atoms with van der Waals surface area (Å²) in [6, 6.07) is 26.1. The predicted octanol–water partition coefficient (Wildman–Crippen LogP) is 11.3. The van der Waals surface area contributed by atoms with Crippen molar-refractivity contribution in [2.75, 3.05) is 0 Å². The van der Waals surface area contributed by atoms with Crippen LogP contribution >= 0.6 is 0 Å². The molecule has 6 nitrogen and oxygen atoms in total. The van der Waals surface area contributed by atoms with Gasteiger partial charge in [0.2, 0.25) is 0 Å². The van der Waals surface area contributed by atoms with Crippen LogP contribution in [0.3, 0.4) is 0 Å². The average Bonchev–Trinajstić information content (AvgIpc) is 3.18. The second-order valence-electron chi connectivity index (χ2n) is 8.95. The zero-order valence-electron chi connectivity index (χ0n) is 30.2. The van der Waals surface area contributed by atoms with Crippen LogP contribution in [0.1, 0.15) is 98.6 Å². The van der Waals surface area contributed by atoms with Gasteiger partial charge in [-0.2, -0.15) is 10.2 Å². The average molecular weight is 627 g/mol. The zero-order chi connectivity index (χ0) is 34.8. The predicted molar refractivity (Wildman–Crippen MR) is 199 cm³/mol. The maximum Gasteiger partial charge on any atom is 0.115 e. The minimum Gasteiger partial charge on any atom is -0.262 e. The molecule has 3 heterocycles. The van der Waals surface area contributed by atoms with Crippen LogP contribution in [0.25, 0.3) is 0 Å². The van der Waals surface area contributed by atoms with Crippen molar-refractivity contribution >= 4 is 0 Å². The highest BCUT2D eigenvalue weighted by Gasteiger charge is 2.05. The summed E-state index contributed by atoms with van der Waals surface area (Å²) < 4.78 is 0. The van der Waals surface area contributed by atoms with Crippen LogP contribution in [0.4, 0.5) is 0 Å². The van der Waals surface area contributed by atoms with E-state index in [4.69, 9.17) is 0 Å². The summed E-state index contributed by atoms with van der Waals surface area (Å²) in [5, 5.41) is 7.07. The fraction of sp³-hybridized carbons (Fsp3) is 0.400. The van der Waals surface area contributed by atoms with E-state index >= 15 is 0 Å². The number of hydrogen-bond donors (Lipinski definition) is 0. The van der Waals surface area contributed by atoms with Gasteiger partial charge in [-0.15, -0.1) is 0 Å².